The van der Waals surface area contributed by atoms with Crippen molar-refractivity contribution in [3.8, 4) is 0 Å². The molecule has 4 nitrogen and oxygen atoms in total. The predicted octanol–water partition coefficient (Wildman–Crippen LogP) is -2.66. The largest absolute Gasteiger partial charge is 1.00 e. The van der Waals surface area contributed by atoms with Gasteiger partial charge >= 0.3 is 35.5 Å². The predicted molar refractivity (Wildman–Crippen MR) is 33.7 cm³/mol. The molecule has 0 aromatic heterocycles. The van der Waals surface area contributed by atoms with Crippen LogP contribution in [0.15, 0.2) is 0 Å². The van der Waals surface area contributed by atoms with E-state index in [9.17, 15) is 4.79 Å². The average Bonchev–Trinajstić information content (AvgIpc) is 2.13. The zero-order chi connectivity index (χ0) is 7.78. The molecule has 0 spiro atoms. The Hall–Kier alpha value is 0.390. The number of carboxylic acids is 1. The number of carbonyl (C=O) groups is 1. The third kappa shape index (κ3) is 2.42. The summed E-state index contributed by atoms with van der Waals surface area (Å²) in [5, 5.41) is 8.54. The molecule has 1 aliphatic heterocycles. The van der Waals surface area contributed by atoms with Crippen LogP contribution in [0, 0.1) is 0 Å². The Bertz CT molecular complexity index is 166. The first kappa shape index (κ1) is 11.4. The minimum Gasteiger partial charge on any atom is -1.00 e. The molecule has 1 N–H and O–H groups in total. The molecule has 1 fully saturated rings. The van der Waals surface area contributed by atoms with Crippen LogP contribution in [-0.4, -0.2) is 29.6 Å². The zero-order valence-electron chi connectivity index (χ0n) is 7.96. The number of aliphatic carboxylic acids is 1. The van der Waals surface area contributed by atoms with Gasteiger partial charge in [-0.25, -0.2) is 4.79 Å². The maximum atomic E-state index is 10.4. The summed E-state index contributed by atoms with van der Waals surface area (Å²) >= 11 is 0. The molecule has 0 aliphatic carbocycles. The van der Waals surface area contributed by atoms with Crippen LogP contribution >= 0.6 is 0 Å². The minimum atomic E-state index is -1.42. The van der Waals surface area contributed by atoms with Gasteiger partial charge in [-0.1, -0.05) is 0 Å². The van der Waals surface area contributed by atoms with Gasteiger partial charge in [-0.15, -0.1) is 0 Å². The van der Waals surface area contributed by atoms with Crippen molar-refractivity contribution in [3.63, 3.8) is 0 Å². The maximum Gasteiger partial charge on any atom is 1.00 e. The molecule has 1 saturated heterocycles. The van der Waals surface area contributed by atoms with Gasteiger partial charge < -0.3 is 16.0 Å². The Morgan fingerprint density at radius 3 is 2.55 bits per heavy atom. The van der Waals surface area contributed by atoms with E-state index in [0.29, 0.717) is 6.61 Å². The standard InChI is InChI=1S/C6H10O4.Na.H/c1-4-3-9-6(2,10-4)5(7)8;;/h4H,3H2,1-2H3,(H,7,8);;/q;+1;-1. The fourth-order valence-electron chi connectivity index (χ4n) is 0.840. The molecule has 0 aromatic carbocycles. The van der Waals surface area contributed by atoms with E-state index in [1.54, 1.807) is 6.92 Å². The van der Waals surface area contributed by atoms with Crippen molar-refractivity contribution in [2.75, 3.05) is 6.61 Å². The second kappa shape index (κ2) is 3.87. The Kier molecular flexibility index (Phi) is 4.00. The molecule has 0 saturated carbocycles. The quantitative estimate of drug-likeness (QED) is 0.436. The molecular weight excluding hydrogens is 159 g/mol. The first-order valence-corrected chi connectivity index (χ1v) is 3.10. The first-order chi connectivity index (χ1) is 4.54. The molecule has 0 aromatic rings. The molecular formula is C6H11NaO4. The van der Waals surface area contributed by atoms with Gasteiger partial charge in [-0.2, -0.15) is 0 Å². The number of hydrogen-bond donors (Lipinski definition) is 1. The SMILES string of the molecule is CC1COC(C)(C(=O)O)O1.[H-].[Na+]. The van der Waals surface area contributed by atoms with Crippen LogP contribution in [0.3, 0.4) is 0 Å². The molecule has 5 heteroatoms. The summed E-state index contributed by atoms with van der Waals surface area (Å²) in [7, 11) is 0. The molecule has 0 bridgehead atoms. The minimum absolute atomic E-state index is 0. The summed E-state index contributed by atoms with van der Waals surface area (Å²) in [6.45, 7) is 3.52. The summed E-state index contributed by atoms with van der Waals surface area (Å²) < 4.78 is 9.88. The smallest absolute Gasteiger partial charge is 1.00 e. The van der Waals surface area contributed by atoms with Crippen LogP contribution < -0.4 is 29.6 Å². The Morgan fingerprint density at radius 1 is 1.82 bits per heavy atom. The maximum absolute atomic E-state index is 10.4. The van der Waals surface area contributed by atoms with Crippen molar-refractivity contribution in [1.29, 1.82) is 0 Å². The Morgan fingerprint density at radius 2 is 2.36 bits per heavy atom. The molecule has 0 amide bonds. The fraction of sp³-hybridized carbons (Fsp3) is 0.833. The van der Waals surface area contributed by atoms with Crippen molar-refractivity contribution in [2.45, 2.75) is 25.7 Å². The summed E-state index contributed by atoms with van der Waals surface area (Å²) in [6, 6.07) is 0. The van der Waals surface area contributed by atoms with Gasteiger partial charge in [0.1, 0.15) is 0 Å². The molecule has 1 rings (SSSR count). The second-order valence-electron chi connectivity index (χ2n) is 2.49. The third-order valence-electron chi connectivity index (χ3n) is 1.41. The van der Waals surface area contributed by atoms with Gasteiger partial charge in [0.05, 0.1) is 12.7 Å². The summed E-state index contributed by atoms with van der Waals surface area (Å²) in [5.41, 5.74) is 0. The molecule has 11 heavy (non-hydrogen) atoms. The van der Waals surface area contributed by atoms with Crippen molar-refractivity contribution in [2.24, 2.45) is 0 Å². The van der Waals surface area contributed by atoms with Crippen molar-refractivity contribution in [3.05, 3.63) is 0 Å². The van der Waals surface area contributed by atoms with Crippen LogP contribution in [0.1, 0.15) is 15.3 Å². The topological polar surface area (TPSA) is 55.8 Å². The van der Waals surface area contributed by atoms with E-state index in [2.05, 4.69) is 0 Å². The molecule has 1 aliphatic rings. The number of carboxylic acid groups (broad SMARTS) is 1. The molecule has 2 unspecified atom stereocenters. The number of ether oxygens (including phenoxy) is 2. The van der Waals surface area contributed by atoms with Gasteiger partial charge in [0, 0.05) is 6.92 Å². The average molecular weight is 170 g/mol. The summed E-state index contributed by atoms with van der Waals surface area (Å²) in [4.78, 5) is 10.4. The van der Waals surface area contributed by atoms with Gasteiger partial charge in [0.15, 0.2) is 0 Å². The normalized spacial score (nSPS) is 36.4. The molecule has 60 valence electrons. The van der Waals surface area contributed by atoms with E-state index in [0.717, 1.165) is 0 Å². The van der Waals surface area contributed by atoms with Crippen LogP contribution in [0.5, 0.6) is 0 Å². The molecule has 2 atom stereocenters. The van der Waals surface area contributed by atoms with E-state index in [1.807, 2.05) is 0 Å². The molecule has 0 radical (unpaired) electrons. The monoisotopic (exact) mass is 170 g/mol. The van der Waals surface area contributed by atoms with Crippen LogP contribution in [-0.2, 0) is 14.3 Å². The van der Waals surface area contributed by atoms with Crippen LogP contribution in [0.25, 0.3) is 0 Å². The van der Waals surface area contributed by atoms with Gasteiger partial charge in [0.25, 0.3) is 5.79 Å². The van der Waals surface area contributed by atoms with Crippen LogP contribution in [0.2, 0.25) is 0 Å². The van der Waals surface area contributed by atoms with Gasteiger partial charge in [0.2, 0.25) is 0 Å². The first-order valence-electron chi connectivity index (χ1n) is 3.10. The molecule has 1 heterocycles. The van der Waals surface area contributed by atoms with Crippen molar-refractivity contribution >= 4 is 5.97 Å². The third-order valence-corrected chi connectivity index (χ3v) is 1.41. The number of hydrogen-bond acceptors (Lipinski definition) is 3. The van der Waals surface area contributed by atoms with Crippen molar-refractivity contribution in [1.82, 2.24) is 0 Å². The zero-order valence-corrected chi connectivity index (χ0v) is 8.96. The summed E-state index contributed by atoms with van der Waals surface area (Å²) in [5.74, 6) is -2.49. The second-order valence-corrected chi connectivity index (χ2v) is 2.49. The van der Waals surface area contributed by atoms with E-state index in [4.69, 9.17) is 14.6 Å². The number of rotatable bonds is 1. The van der Waals surface area contributed by atoms with E-state index >= 15 is 0 Å². The van der Waals surface area contributed by atoms with Gasteiger partial charge in [-0.3, -0.25) is 0 Å². The van der Waals surface area contributed by atoms with E-state index in [1.165, 1.54) is 6.92 Å². The van der Waals surface area contributed by atoms with E-state index in [-0.39, 0.29) is 37.1 Å². The van der Waals surface area contributed by atoms with Crippen molar-refractivity contribution < 1.29 is 50.4 Å². The van der Waals surface area contributed by atoms with Gasteiger partial charge in [-0.05, 0) is 6.92 Å². The summed E-state index contributed by atoms with van der Waals surface area (Å²) in [6.07, 6.45) is -0.124. The van der Waals surface area contributed by atoms with Crippen LogP contribution in [0.4, 0.5) is 0 Å². The fourth-order valence-corrected chi connectivity index (χ4v) is 0.840. The Balaban J connectivity index is 0. The van der Waals surface area contributed by atoms with E-state index < -0.39 is 11.8 Å². The Labute approximate surface area is 88.6 Å².